The van der Waals surface area contributed by atoms with E-state index in [9.17, 15) is 4.79 Å². The summed E-state index contributed by atoms with van der Waals surface area (Å²) < 4.78 is 0. The first kappa shape index (κ1) is 9.04. The molecule has 67 valence electrons. The lowest BCUT2D eigenvalue weighted by Gasteiger charge is -2.00. The zero-order valence-corrected chi connectivity index (χ0v) is 8.27. The Kier molecular flexibility index (Phi) is 2.31. The number of hydrogen-bond acceptors (Lipinski definition) is 1. The first-order valence-electron chi connectivity index (χ1n) is 4.01. The molecule has 0 amide bonds. The van der Waals surface area contributed by atoms with Crippen molar-refractivity contribution in [1.29, 1.82) is 0 Å². The van der Waals surface area contributed by atoms with Crippen LogP contribution < -0.4 is 0 Å². The van der Waals surface area contributed by atoms with Gasteiger partial charge in [0, 0.05) is 11.5 Å². The summed E-state index contributed by atoms with van der Waals surface area (Å²) in [7, 11) is 0. The second-order valence-electron chi connectivity index (χ2n) is 3.07. The van der Waals surface area contributed by atoms with E-state index in [1.807, 2.05) is 6.42 Å². The zero-order chi connectivity index (χ0) is 9.42. The maximum atomic E-state index is 11.5. The summed E-state index contributed by atoms with van der Waals surface area (Å²) in [6.45, 7) is 0. The van der Waals surface area contributed by atoms with Crippen molar-refractivity contribution < 1.29 is 4.79 Å². The van der Waals surface area contributed by atoms with Crippen LogP contribution in [-0.2, 0) is 0 Å². The van der Waals surface area contributed by atoms with Crippen LogP contribution in [0.15, 0.2) is 18.2 Å². The molecule has 3 heteroatoms. The number of Topliss-reactive ketones (excluding diaryl/α,β-unsaturated/α-hetero) is 1. The largest absolute Gasteiger partial charge is 0.294 e. The molecule has 0 heterocycles. The molecule has 1 atom stereocenters. The van der Waals surface area contributed by atoms with E-state index in [1.165, 1.54) is 0 Å². The average Bonchev–Trinajstić information content (AvgIpc) is 2.91. The molecule has 1 aliphatic rings. The van der Waals surface area contributed by atoms with Gasteiger partial charge >= 0.3 is 0 Å². The van der Waals surface area contributed by atoms with Crippen LogP contribution in [0.4, 0.5) is 0 Å². The summed E-state index contributed by atoms with van der Waals surface area (Å²) >= 11 is 11.5. The fourth-order valence-electron chi connectivity index (χ4n) is 1.15. The standard InChI is InChI=1S/C10H7Cl2O/c11-8-4-3-7(5-9(8)12)10(13)6-1-2-6/h1,3-6H,2H2/t6-/m1/s1. The van der Waals surface area contributed by atoms with Gasteiger partial charge in [0.05, 0.1) is 10.0 Å². The first-order chi connectivity index (χ1) is 6.18. The van der Waals surface area contributed by atoms with E-state index in [4.69, 9.17) is 23.2 Å². The van der Waals surface area contributed by atoms with Gasteiger partial charge in [-0.15, -0.1) is 0 Å². The van der Waals surface area contributed by atoms with Crippen LogP contribution in [0, 0.1) is 12.3 Å². The number of carbonyl (C=O) groups is 1. The normalized spacial score (nSPS) is 15.8. The molecule has 13 heavy (non-hydrogen) atoms. The molecule has 0 saturated heterocycles. The predicted octanol–water partition coefficient (Wildman–Crippen LogP) is 3.40. The smallest absolute Gasteiger partial charge is 0.166 e. The molecule has 0 N–H and O–H groups in total. The fraction of sp³-hybridized carbons (Fsp3) is 0.200. The monoisotopic (exact) mass is 213 g/mol. The minimum absolute atomic E-state index is 0.109. The maximum Gasteiger partial charge on any atom is 0.166 e. The van der Waals surface area contributed by atoms with Gasteiger partial charge in [-0.3, -0.25) is 4.79 Å². The van der Waals surface area contributed by atoms with Gasteiger partial charge in [-0.05, 0) is 31.0 Å². The van der Waals surface area contributed by atoms with Gasteiger partial charge in [-0.25, -0.2) is 0 Å². The van der Waals surface area contributed by atoms with E-state index >= 15 is 0 Å². The van der Waals surface area contributed by atoms with Gasteiger partial charge < -0.3 is 0 Å². The molecule has 1 nitrogen and oxygen atoms in total. The van der Waals surface area contributed by atoms with E-state index < -0.39 is 0 Å². The molecule has 0 spiro atoms. The van der Waals surface area contributed by atoms with Crippen LogP contribution in [0.1, 0.15) is 16.8 Å². The molecule has 1 radical (unpaired) electrons. The number of benzene rings is 1. The molecule has 0 unspecified atom stereocenters. The molecular weight excluding hydrogens is 207 g/mol. The highest BCUT2D eigenvalue weighted by atomic mass is 35.5. The Hall–Kier alpha value is -0.530. The summed E-state index contributed by atoms with van der Waals surface area (Å²) in [5.74, 6) is 0.246. The Balaban J connectivity index is 2.30. The van der Waals surface area contributed by atoms with Crippen LogP contribution in [0.5, 0.6) is 0 Å². The molecule has 0 bridgehead atoms. The van der Waals surface area contributed by atoms with Crippen molar-refractivity contribution in [3.05, 3.63) is 40.2 Å². The maximum absolute atomic E-state index is 11.5. The van der Waals surface area contributed by atoms with Crippen LogP contribution in [0.25, 0.3) is 0 Å². The lowest BCUT2D eigenvalue weighted by Crippen LogP contribution is -2.00. The van der Waals surface area contributed by atoms with Crippen molar-refractivity contribution >= 4 is 29.0 Å². The Labute approximate surface area is 86.7 Å². The molecule has 1 fully saturated rings. The molecule has 1 aromatic carbocycles. The van der Waals surface area contributed by atoms with E-state index in [0.29, 0.717) is 15.6 Å². The van der Waals surface area contributed by atoms with Crippen molar-refractivity contribution in [2.24, 2.45) is 5.92 Å². The lowest BCUT2D eigenvalue weighted by atomic mass is 10.1. The van der Waals surface area contributed by atoms with Crippen LogP contribution in [0.3, 0.4) is 0 Å². The van der Waals surface area contributed by atoms with Crippen LogP contribution >= 0.6 is 23.2 Å². The molecule has 1 aromatic rings. The number of hydrogen-bond donors (Lipinski definition) is 0. The van der Waals surface area contributed by atoms with Crippen molar-refractivity contribution in [2.45, 2.75) is 6.42 Å². The first-order valence-corrected chi connectivity index (χ1v) is 4.76. The second-order valence-corrected chi connectivity index (χ2v) is 3.89. The zero-order valence-electron chi connectivity index (χ0n) is 6.76. The quantitative estimate of drug-likeness (QED) is 0.689. The van der Waals surface area contributed by atoms with Gasteiger partial charge in [0.25, 0.3) is 0 Å². The van der Waals surface area contributed by atoms with E-state index in [1.54, 1.807) is 18.2 Å². The van der Waals surface area contributed by atoms with Gasteiger partial charge in [-0.2, -0.15) is 0 Å². The highest BCUT2D eigenvalue weighted by Crippen LogP contribution is 2.32. The third kappa shape index (κ3) is 1.87. The average molecular weight is 214 g/mol. The minimum Gasteiger partial charge on any atom is -0.294 e. The van der Waals surface area contributed by atoms with Gasteiger partial charge in [0.1, 0.15) is 0 Å². The molecule has 2 rings (SSSR count). The number of ketones is 1. The molecular formula is C10H7Cl2O. The van der Waals surface area contributed by atoms with Crippen molar-refractivity contribution in [3.63, 3.8) is 0 Å². The molecule has 1 saturated carbocycles. The Morgan fingerprint density at radius 1 is 1.31 bits per heavy atom. The van der Waals surface area contributed by atoms with E-state index in [2.05, 4.69) is 0 Å². The summed E-state index contributed by atoms with van der Waals surface area (Å²) in [5, 5.41) is 0.922. The number of carbonyl (C=O) groups excluding carboxylic acids is 1. The third-order valence-electron chi connectivity index (χ3n) is 2.01. The van der Waals surface area contributed by atoms with Gasteiger partial charge in [0.15, 0.2) is 5.78 Å². The summed E-state index contributed by atoms with van der Waals surface area (Å²) in [6.07, 6.45) is 2.87. The number of rotatable bonds is 2. The van der Waals surface area contributed by atoms with Crippen LogP contribution in [-0.4, -0.2) is 5.78 Å². The topological polar surface area (TPSA) is 17.1 Å². The Morgan fingerprint density at radius 2 is 2.00 bits per heavy atom. The highest BCUT2D eigenvalue weighted by molar-refractivity contribution is 6.42. The SMILES string of the molecule is O=C(c1ccc(Cl)c(Cl)c1)[C@@H]1[CH]C1. The van der Waals surface area contributed by atoms with Gasteiger partial charge in [-0.1, -0.05) is 23.2 Å². The lowest BCUT2D eigenvalue weighted by molar-refractivity contribution is 0.0972. The van der Waals surface area contributed by atoms with E-state index in [0.717, 1.165) is 6.42 Å². The van der Waals surface area contributed by atoms with E-state index in [-0.39, 0.29) is 11.7 Å². The van der Waals surface area contributed by atoms with Crippen molar-refractivity contribution in [1.82, 2.24) is 0 Å². The Morgan fingerprint density at radius 3 is 2.54 bits per heavy atom. The summed E-state index contributed by atoms with van der Waals surface area (Å²) in [5.41, 5.74) is 0.646. The number of halogens is 2. The molecule has 0 aromatic heterocycles. The third-order valence-corrected chi connectivity index (χ3v) is 2.75. The highest BCUT2D eigenvalue weighted by Gasteiger charge is 2.30. The molecule has 1 aliphatic carbocycles. The van der Waals surface area contributed by atoms with Crippen LogP contribution in [0.2, 0.25) is 10.0 Å². The summed E-state index contributed by atoms with van der Waals surface area (Å²) in [4.78, 5) is 11.5. The van der Waals surface area contributed by atoms with Gasteiger partial charge in [0.2, 0.25) is 0 Å². The molecule has 0 aliphatic heterocycles. The Bertz CT molecular complexity index is 356. The van der Waals surface area contributed by atoms with Crippen molar-refractivity contribution in [2.75, 3.05) is 0 Å². The second kappa shape index (κ2) is 3.32. The predicted molar refractivity (Wildman–Crippen MR) is 53.2 cm³/mol. The van der Waals surface area contributed by atoms with Crippen molar-refractivity contribution in [3.8, 4) is 0 Å². The minimum atomic E-state index is 0.109. The fourth-order valence-corrected chi connectivity index (χ4v) is 1.44. The summed E-state index contributed by atoms with van der Waals surface area (Å²) in [6, 6.07) is 4.99.